The van der Waals surface area contributed by atoms with Crippen LogP contribution in [0.5, 0.6) is 5.75 Å². The second kappa shape index (κ2) is 6.00. The van der Waals surface area contributed by atoms with Gasteiger partial charge in [-0.1, -0.05) is 57.2 Å². The second-order valence-electron chi connectivity index (χ2n) is 6.04. The molecule has 0 aliphatic carbocycles. The molecule has 110 valence electrons. The largest absolute Gasteiger partial charge is 0.488 e. The summed E-state index contributed by atoms with van der Waals surface area (Å²) in [7, 11) is 0. The lowest BCUT2D eigenvalue weighted by atomic mass is 9.87. The quantitative estimate of drug-likeness (QED) is 0.912. The maximum atomic E-state index is 11.1. The summed E-state index contributed by atoms with van der Waals surface area (Å²) in [6.45, 7) is 6.86. The molecule has 0 amide bonds. The molecule has 0 aromatic heterocycles. The molecule has 2 rings (SSSR count). The van der Waals surface area contributed by atoms with E-state index in [4.69, 9.17) is 9.84 Å². The topological polar surface area (TPSA) is 46.5 Å². The average molecular weight is 284 g/mol. The van der Waals surface area contributed by atoms with E-state index in [0.29, 0.717) is 12.4 Å². The van der Waals surface area contributed by atoms with Crippen LogP contribution in [-0.4, -0.2) is 11.1 Å². The Kier molecular flexibility index (Phi) is 4.32. The number of ether oxygens (including phenoxy) is 1. The van der Waals surface area contributed by atoms with Crippen LogP contribution in [0.15, 0.2) is 48.5 Å². The van der Waals surface area contributed by atoms with Crippen molar-refractivity contribution < 1.29 is 14.6 Å². The molecule has 0 bridgehead atoms. The summed E-state index contributed by atoms with van der Waals surface area (Å²) >= 11 is 0. The first-order valence-corrected chi connectivity index (χ1v) is 6.92. The van der Waals surface area contributed by atoms with Gasteiger partial charge in [-0.25, -0.2) is 4.79 Å². The highest BCUT2D eigenvalue weighted by atomic mass is 16.5. The fourth-order valence-corrected chi connectivity index (χ4v) is 2.03. The van der Waals surface area contributed by atoms with Crippen molar-refractivity contribution in [3.63, 3.8) is 0 Å². The third kappa shape index (κ3) is 3.85. The first kappa shape index (κ1) is 15.1. The lowest BCUT2D eigenvalue weighted by molar-refractivity contribution is 0.0691. The molecule has 0 unspecified atom stereocenters. The lowest BCUT2D eigenvalue weighted by Crippen LogP contribution is -2.11. The number of para-hydroxylation sites is 1. The summed E-state index contributed by atoms with van der Waals surface area (Å²) in [5.74, 6) is -0.585. The number of carboxylic acid groups (broad SMARTS) is 1. The van der Waals surface area contributed by atoms with Gasteiger partial charge >= 0.3 is 5.97 Å². The normalized spacial score (nSPS) is 11.2. The lowest BCUT2D eigenvalue weighted by Gasteiger charge is -2.19. The molecule has 0 aliphatic rings. The van der Waals surface area contributed by atoms with Gasteiger partial charge in [0.15, 0.2) is 0 Å². The predicted octanol–water partition coefficient (Wildman–Crippen LogP) is 4.26. The van der Waals surface area contributed by atoms with E-state index in [0.717, 1.165) is 5.56 Å². The van der Waals surface area contributed by atoms with E-state index in [1.807, 2.05) is 12.1 Å². The molecular formula is C18H20O3. The van der Waals surface area contributed by atoms with E-state index in [2.05, 4.69) is 32.9 Å². The van der Waals surface area contributed by atoms with E-state index in [1.165, 1.54) is 5.56 Å². The Hall–Kier alpha value is -2.29. The molecule has 0 fully saturated rings. The molecular weight excluding hydrogens is 264 g/mol. The van der Waals surface area contributed by atoms with Crippen molar-refractivity contribution in [2.75, 3.05) is 0 Å². The van der Waals surface area contributed by atoms with Crippen LogP contribution in [0, 0.1) is 0 Å². The molecule has 0 heterocycles. The van der Waals surface area contributed by atoms with Crippen molar-refractivity contribution in [3.05, 3.63) is 65.2 Å². The van der Waals surface area contributed by atoms with Gasteiger partial charge < -0.3 is 9.84 Å². The molecule has 0 saturated carbocycles. The zero-order chi connectivity index (χ0) is 15.5. The Morgan fingerprint density at radius 1 is 1.05 bits per heavy atom. The minimum Gasteiger partial charge on any atom is -0.488 e. The van der Waals surface area contributed by atoms with Crippen molar-refractivity contribution >= 4 is 5.97 Å². The molecule has 3 nitrogen and oxygen atoms in total. The van der Waals surface area contributed by atoms with Crippen LogP contribution in [0.1, 0.15) is 42.3 Å². The molecule has 0 saturated heterocycles. The van der Waals surface area contributed by atoms with E-state index in [-0.39, 0.29) is 11.0 Å². The minimum atomic E-state index is -0.978. The molecule has 1 N–H and O–H groups in total. The van der Waals surface area contributed by atoms with Gasteiger partial charge in [0.25, 0.3) is 0 Å². The van der Waals surface area contributed by atoms with E-state index in [9.17, 15) is 4.79 Å². The SMILES string of the molecule is CC(C)(C)c1ccc(COc2ccccc2C(=O)O)cc1. The predicted molar refractivity (Wildman–Crippen MR) is 82.9 cm³/mol. The summed E-state index contributed by atoms with van der Waals surface area (Å²) in [6.07, 6.45) is 0. The Morgan fingerprint density at radius 3 is 2.24 bits per heavy atom. The van der Waals surface area contributed by atoms with Crippen LogP contribution in [0.4, 0.5) is 0 Å². The van der Waals surface area contributed by atoms with Gasteiger partial charge in [0.05, 0.1) is 0 Å². The zero-order valence-corrected chi connectivity index (χ0v) is 12.6. The van der Waals surface area contributed by atoms with Crippen LogP contribution in [-0.2, 0) is 12.0 Å². The van der Waals surface area contributed by atoms with Crippen LogP contribution >= 0.6 is 0 Å². The highest BCUT2D eigenvalue weighted by Gasteiger charge is 2.13. The van der Waals surface area contributed by atoms with Gasteiger partial charge in [-0.15, -0.1) is 0 Å². The Morgan fingerprint density at radius 2 is 1.67 bits per heavy atom. The Labute approximate surface area is 125 Å². The van der Waals surface area contributed by atoms with Gasteiger partial charge in [0.1, 0.15) is 17.9 Å². The van der Waals surface area contributed by atoms with E-state index in [1.54, 1.807) is 24.3 Å². The van der Waals surface area contributed by atoms with Crippen LogP contribution in [0.2, 0.25) is 0 Å². The Balaban J connectivity index is 2.09. The fourth-order valence-electron chi connectivity index (χ4n) is 2.03. The molecule has 0 aliphatic heterocycles. The third-order valence-electron chi connectivity index (χ3n) is 3.33. The fraction of sp³-hybridized carbons (Fsp3) is 0.278. The van der Waals surface area contributed by atoms with Gasteiger partial charge in [-0.05, 0) is 28.7 Å². The number of hydrogen-bond acceptors (Lipinski definition) is 2. The van der Waals surface area contributed by atoms with Gasteiger partial charge in [0, 0.05) is 0 Å². The molecule has 0 spiro atoms. The maximum absolute atomic E-state index is 11.1. The highest BCUT2D eigenvalue weighted by Crippen LogP contribution is 2.23. The number of hydrogen-bond donors (Lipinski definition) is 1. The van der Waals surface area contributed by atoms with Crippen molar-refractivity contribution in [1.82, 2.24) is 0 Å². The van der Waals surface area contributed by atoms with Crippen LogP contribution in [0.25, 0.3) is 0 Å². The number of aromatic carboxylic acids is 1. The summed E-state index contributed by atoms with van der Waals surface area (Å²) < 4.78 is 5.63. The first-order valence-electron chi connectivity index (χ1n) is 6.92. The highest BCUT2D eigenvalue weighted by molar-refractivity contribution is 5.90. The smallest absolute Gasteiger partial charge is 0.339 e. The standard InChI is InChI=1S/C18H20O3/c1-18(2,3)14-10-8-13(9-11-14)12-21-16-7-5-4-6-15(16)17(19)20/h4-11H,12H2,1-3H3,(H,19,20). The van der Waals surface area contributed by atoms with Crippen LogP contribution in [0.3, 0.4) is 0 Å². The van der Waals surface area contributed by atoms with E-state index >= 15 is 0 Å². The molecule has 0 atom stereocenters. The average Bonchev–Trinajstić information content (AvgIpc) is 2.45. The summed E-state index contributed by atoms with van der Waals surface area (Å²) in [6, 6.07) is 14.9. The summed E-state index contributed by atoms with van der Waals surface area (Å²) in [4.78, 5) is 11.1. The number of benzene rings is 2. The van der Waals surface area contributed by atoms with Crippen molar-refractivity contribution in [1.29, 1.82) is 0 Å². The Bertz CT molecular complexity index is 622. The third-order valence-corrected chi connectivity index (χ3v) is 3.33. The molecule has 0 radical (unpaired) electrons. The molecule has 21 heavy (non-hydrogen) atoms. The monoisotopic (exact) mass is 284 g/mol. The molecule has 2 aromatic rings. The molecule has 2 aromatic carbocycles. The van der Waals surface area contributed by atoms with Crippen molar-refractivity contribution in [2.45, 2.75) is 32.8 Å². The number of rotatable bonds is 4. The first-order chi connectivity index (χ1) is 9.88. The minimum absolute atomic E-state index is 0.120. The number of carboxylic acids is 1. The van der Waals surface area contributed by atoms with Crippen LogP contribution < -0.4 is 4.74 Å². The second-order valence-corrected chi connectivity index (χ2v) is 6.04. The van der Waals surface area contributed by atoms with Crippen molar-refractivity contribution in [2.24, 2.45) is 0 Å². The van der Waals surface area contributed by atoms with E-state index < -0.39 is 5.97 Å². The van der Waals surface area contributed by atoms with Gasteiger partial charge in [-0.2, -0.15) is 0 Å². The van der Waals surface area contributed by atoms with Gasteiger partial charge in [-0.3, -0.25) is 0 Å². The summed E-state index contributed by atoms with van der Waals surface area (Å²) in [5.41, 5.74) is 2.58. The number of carbonyl (C=O) groups is 1. The van der Waals surface area contributed by atoms with Crippen molar-refractivity contribution in [3.8, 4) is 5.75 Å². The maximum Gasteiger partial charge on any atom is 0.339 e. The summed E-state index contributed by atoms with van der Waals surface area (Å²) in [5, 5.41) is 9.11. The molecule has 3 heteroatoms. The zero-order valence-electron chi connectivity index (χ0n) is 12.6. The van der Waals surface area contributed by atoms with Gasteiger partial charge in [0.2, 0.25) is 0 Å².